The van der Waals surface area contributed by atoms with Gasteiger partial charge in [-0.1, -0.05) is 48.0 Å². The van der Waals surface area contributed by atoms with Gasteiger partial charge in [0.15, 0.2) is 11.5 Å². The van der Waals surface area contributed by atoms with Gasteiger partial charge in [0.1, 0.15) is 50.3 Å². The summed E-state index contributed by atoms with van der Waals surface area (Å²) in [4.78, 5) is 25.7. The molecule has 0 amide bonds. The van der Waals surface area contributed by atoms with Crippen molar-refractivity contribution >= 4 is 23.9 Å². The van der Waals surface area contributed by atoms with Crippen LogP contribution in [0.3, 0.4) is 0 Å². The van der Waals surface area contributed by atoms with Crippen molar-refractivity contribution in [3.05, 3.63) is 106 Å². The van der Waals surface area contributed by atoms with Crippen LogP contribution < -0.4 is 18.9 Å². The molecule has 9 nitrogen and oxygen atoms in total. The highest BCUT2D eigenvalue weighted by molar-refractivity contribution is 6.32. The lowest BCUT2D eigenvalue weighted by Crippen LogP contribution is -2.50. The van der Waals surface area contributed by atoms with E-state index in [1.807, 2.05) is 43.3 Å². The van der Waals surface area contributed by atoms with Gasteiger partial charge in [-0.2, -0.15) is 5.26 Å². The van der Waals surface area contributed by atoms with Crippen molar-refractivity contribution in [2.24, 2.45) is 5.92 Å². The minimum absolute atomic E-state index is 0.166. The van der Waals surface area contributed by atoms with Gasteiger partial charge >= 0.3 is 5.97 Å². The topological polar surface area (TPSA) is 118 Å². The van der Waals surface area contributed by atoms with Crippen LogP contribution in [0.5, 0.6) is 23.0 Å². The molecule has 246 valence electrons. The average Bonchev–Trinajstić information content (AvgIpc) is 3.11. The number of hydrogen-bond acceptors (Lipinski definition) is 8. The SMILES string of the molecule is Cc1c(COc2cc(OCc3cccc(C#N)c3)c(CN3CCCC(C=O)C3C(=O)O)cc2Cl)cccc1-c1ccc2c(c1)OCCO2. The lowest BCUT2D eigenvalue weighted by atomic mass is 9.90. The number of piperidine rings is 1. The van der Waals surface area contributed by atoms with Crippen LogP contribution in [0.1, 0.15) is 40.7 Å². The van der Waals surface area contributed by atoms with E-state index in [4.69, 9.17) is 30.5 Å². The van der Waals surface area contributed by atoms with Crippen LogP contribution in [-0.4, -0.2) is 48.1 Å². The zero-order chi connectivity index (χ0) is 33.6. The molecule has 2 heterocycles. The van der Waals surface area contributed by atoms with Crippen molar-refractivity contribution in [1.82, 2.24) is 4.90 Å². The van der Waals surface area contributed by atoms with Gasteiger partial charge in [0.05, 0.1) is 16.7 Å². The molecule has 2 aliphatic heterocycles. The van der Waals surface area contributed by atoms with Crippen molar-refractivity contribution in [2.45, 2.75) is 45.6 Å². The highest BCUT2D eigenvalue weighted by Gasteiger charge is 2.37. The largest absolute Gasteiger partial charge is 0.488 e. The fraction of sp³-hybridized carbons (Fsp3) is 0.289. The molecule has 4 aromatic carbocycles. The molecule has 0 radical (unpaired) electrons. The number of benzene rings is 4. The molecule has 0 aliphatic carbocycles. The first kappa shape index (κ1) is 32.9. The molecule has 0 spiro atoms. The molecular weight excluding hydrogens is 632 g/mol. The van der Waals surface area contributed by atoms with E-state index in [1.165, 1.54) is 0 Å². The number of carbonyl (C=O) groups is 2. The molecule has 1 fully saturated rings. The fourth-order valence-corrected chi connectivity index (χ4v) is 6.57. The molecule has 1 saturated heterocycles. The molecule has 0 saturated carbocycles. The zero-order valence-electron chi connectivity index (χ0n) is 26.5. The van der Waals surface area contributed by atoms with Gasteiger partial charge in [0, 0.05) is 24.1 Å². The number of likely N-dealkylation sites (tertiary alicyclic amines) is 1. The highest BCUT2D eigenvalue weighted by atomic mass is 35.5. The Morgan fingerprint density at radius 2 is 1.79 bits per heavy atom. The highest BCUT2D eigenvalue weighted by Crippen LogP contribution is 2.38. The van der Waals surface area contributed by atoms with Crippen molar-refractivity contribution < 1.29 is 33.6 Å². The summed E-state index contributed by atoms with van der Waals surface area (Å²) in [5.41, 5.74) is 6.04. The van der Waals surface area contributed by atoms with Gasteiger partial charge in [-0.25, -0.2) is 0 Å². The number of hydrogen-bond donors (Lipinski definition) is 1. The Morgan fingerprint density at radius 1 is 1.00 bits per heavy atom. The molecule has 2 unspecified atom stereocenters. The Kier molecular flexibility index (Phi) is 10.1. The van der Waals surface area contributed by atoms with Crippen LogP contribution in [0.4, 0.5) is 0 Å². The van der Waals surface area contributed by atoms with Gasteiger partial charge < -0.3 is 28.8 Å². The molecule has 48 heavy (non-hydrogen) atoms. The molecule has 0 bridgehead atoms. The summed E-state index contributed by atoms with van der Waals surface area (Å²) in [5.74, 6) is 0.689. The summed E-state index contributed by atoms with van der Waals surface area (Å²) in [5, 5.41) is 19.7. The van der Waals surface area contributed by atoms with Crippen LogP contribution in [0.2, 0.25) is 5.02 Å². The maximum atomic E-state index is 12.2. The summed E-state index contributed by atoms with van der Waals surface area (Å²) in [6.45, 7) is 4.22. The molecule has 2 atom stereocenters. The van der Waals surface area contributed by atoms with Crippen LogP contribution in [0.25, 0.3) is 11.1 Å². The van der Waals surface area contributed by atoms with Crippen molar-refractivity contribution in [2.75, 3.05) is 19.8 Å². The van der Waals surface area contributed by atoms with Gasteiger partial charge in [-0.05, 0) is 84.5 Å². The second kappa shape index (κ2) is 14.8. The second-order valence-electron chi connectivity index (χ2n) is 11.9. The summed E-state index contributed by atoms with van der Waals surface area (Å²) < 4.78 is 24.1. The number of carboxylic acid groups (broad SMARTS) is 1. The summed E-state index contributed by atoms with van der Waals surface area (Å²) >= 11 is 6.80. The summed E-state index contributed by atoms with van der Waals surface area (Å²) in [6.07, 6.45) is 1.96. The zero-order valence-corrected chi connectivity index (χ0v) is 27.2. The quantitative estimate of drug-likeness (QED) is 0.169. The number of carboxylic acids is 1. The van der Waals surface area contributed by atoms with Crippen LogP contribution in [-0.2, 0) is 29.3 Å². The molecule has 4 aromatic rings. The van der Waals surface area contributed by atoms with E-state index < -0.39 is 17.9 Å². The van der Waals surface area contributed by atoms with Gasteiger partial charge in [-0.15, -0.1) is 0 Å². The first-order valence-electron chi connectivity index (χ1n) is 15.8. The molecule has 10 heteroatoms. The summed E-state index contributed by atoms with van der Waals surface area (Å²) in [6, 6.07) is 23.8. The Labute approximate surface area is 284 Å². The van der Waals surface area contributed by atoms with Crippen LogP contribution >= 0.6 is 11.6 Å². The third-order valence-corrected chi connectivity index (χ3v) is 9.13. The minimum atomic E-state index is -1.04. The first-order valence-corrected chi connectivity index (χ1v) is 16.2. The van der Waals surface area contributed by atoms with Gasteiger partial charge in [0.25, 0.3) is 0 Å². The van der Waals surface area contributed by atoms with Crippen molar-refractivity contribution in [1.29, 1.82) is 5.26 Å². The van der Waals surface area contributed by atoms with Crippen LogP contribution in [0, 0.1) is 24.2 Å². The lowest BCUT2D eigenvalue weighted by molar-refractivity contribution is -0.149. The predicted octanol–water partition coefficient (Wildman–Crippen LogP) is 6.98. The molecular formula is C38H35ClN2O7. The van der Waals surface area contributed by atoms with Gasteiger partial charge in [-0.3, -0.25) is 9.69 Å². The predicted molar refractivity (Wildman–Crippen MR) is 179 cm³/mol. The molecule has 2 aliphatic rings. The van der Waals surface area contributed by atoms with E-state index >= 15 is 0 Å². The van der Waals surface area contributed by atoms with Crippen molar-refractivity contribution in [3.63, 3.8) is 0 Å². The standard InChI is InChI=1S/C38H35ClN2O7/c1-24-29(7-3-9-31(24)27-10-11-33-36(17-27)46-14-13-45-33)23-48-35-18-34(47-22-26-6-2-5-25(15-26)19-40)30(16-32(35)39)20-41-12-4-8-28(21-42)37(41)38(43)44/h2-3,5-7,9-11,15-18,21,28,37H,4,8,12-14,20,22-23H2,1H3,(H,43,44). The Bertz CT molecular complexity index is 1870. The smallest absolute Gasteiger partial charge is 0.321 e. The molecule has 1 N–H and O–H groups in total. The number of nitrogens with zero attached hydrogens (tertiary/aromatic N) is 2. The Hall–Kier alpha value is -5.04. The second-order valence-corrected chi connectivity index (χ2v) is 12.3. The number of halogens is 1. The average molecular weight is 667 g/mol. The molecule has 0 aromatic heterocycles. The fourth-order valence-electron chi connectivity index (χ4n) is 6.33. The maximum absolute atomic E-state index is 12.2. The number of aldehydes is 1. The van der Waals surface area contributed by atoms with E-state index in [1.54, 1.807) is 35.2 Å². The van der Waals surface area contributed by atoms with Gasteiger partial charge in [0.2, 0.25) is 0 Å². The number of fused-ring (bicyclic) bond motifs is 1. The van der Waals surface area contributed by atoms with Crippen molar-refractivity contribution in [3.8, 4) is 40.2 Å². The minimum Gasteiger partial charge on any atom is -0.488 e. The van der Waals surface area contributed by atoms with E-state index in [2.05, 4.69) is 12.1 Å². The Balaban J connectivity index is 1.27. The number of ether oxygens (including phenoxy) is 4. The molecule has 6 rings (SSSR count). The maximum Gasteiger partial charge on any atom is 0.321 e. The van der Waals surface area contributed by atoms with Crippen LogP contribution in [0.15, 0.2) is 72.8 Å². The number of carbonyl (C=O) groups excluding carboxylic acids is 1. The number of nitriles is 1. The third-order valence-electron chi connectivity index (χ3n) is 8.83. The van der Waals surface area contributed by atoms with E-state index in [9.17, 15) is 20.0 Å². The monoisotopic (exact) mass is 666 g/mol. The third kappa shape index (κ3) is 7.25. The number of rotatable bonds is 11. The lowest BCUT2D eigenvalue weighted by Gasteiger charge is -2.36. The van der Waals surface area contributed by atoms with E-state index in [-0.39, 0.29) is 19.8 Å². The summed E-state index contributed by atoms with van der Waals surface area (Å²) in [7, 11) is 0. The van der Waals surface area contributed by atoms with E-state index in [0.717, 1.165) is 45.6 Å². The normalized spacial score (nSPS) is 17.3. The first-order chi connectivity index (χ1) is 23.3. The Morgan fingerprint density at radius 3 is 2.58 bits per heavy atom. The van der Waals surface area contributed by atoms with E-state index in [0.29, 0.717) is 60.2 Å². The number of aliphatic carboxylic acids is 1.